The molecule has 1 aromatic carbocycles. The van der Waals surface area contributed by atoms with Crippen molar-refractivity contribution in [3.63, 3.8) is 0 Å². The van der Waals surface area contributed by atoms with Gasteiger partial charge < -0.3 is 5.32 Å². The smallest absolute Gasteiger partial charge is 0.148 e. The van der Waals surface area contributed by atoms with Crippen LogP contribution in [0, 0.1) is 29.5 Å². The molecule has 2 aliphatic rings. The van der Waals surface area contributed by atoms with Crippen molar-refractivity contribution >= 4 is 17.3 Å². The second-order valence-corrected chi connectivity index (χ2v) is 6.86. The zero-order valence-corrected chi connectivity index (χ0v) is 12.8. The molecule has 3 heteroatoms. The SMILES string of the molecule is CC1C=C(Nc2ccc(Cl)cc2F)[C@@H]2C[C@H](C)CC[C@@H]12. The van der Waals surface area contributed by atoms with E-state index in [2.05, 4.69) is 25.2 Å². The molecule has 1 N–H and O–H groups in total. The molecule has 20 heavy (non-hydrogen) atoms. The Hall–Kier alpha value is -1.02. The molecule has 0 saturated heterocycles. The quantitative estimate of drug-likeness (QED) is 0.761. The lowest BCUT2D eigenvalue weighted by Gasteiger charge is -2.34. The highest BCUT2D eigenvalue weighted by molar-refractivity contribution is 6.30. The van der Waals surface area contributed by atoms with Gasteiger partial charge in [0.2, 0.25) is 0 Å². The van der Waals surface area contributed by atoms with Crippen molar-refractivity contribution in [2.75, 3.05) is 5.32 Å². The van der Waals surface area contributed by atoms with Gasteiger partial charge in [-0.25, -0.2) is 4.39 Å². The molecule has 0 aliphatic heterocycles. The van der Waals surface area contributed by atoms with E-state index in [0.717, 1.165) is 11.8 Å². The van der Waals surface area contributed by atoms with E-state index < -0.39 is 0 Å². The molecule has 1 fully saturated rings. The van der Waals surface area contributed by atoms with Crippen LogP contribution >= 0.6 is 11.6 Å². The van der Waals surface area contributed by atoms with Gasteiger partial charge in [-0.2, -0.15) is 0 Å². The molecule has 1 aromatic rings. The molecular weight excluding hydrogens is 273 g/mol. The van der Waals surface area contributed by atoms with E-state index in [-0.39, 0.29) is 5.82 Å². The highest BCUT2D eigenvalue weighted by atomic mass is 35.5. The first-order valence-electron chi connectivity index (χ1n) is 7.48. The van der Waals surface area contributed by atoms with Crippen molar-refractivity contribution in [1.29, 1.82) is 0 Å². The summed E-state index contributed by atoms with van der Waals surface area (Å²) in [4.78, 5) is 0. The second-order valence-electron chi connectivity index (χ2n) is 6.42. The summed E-state index contributed by atoms with van der Waals surface area (Å²) < 4.78 is 13.9. The third kappa shape index (κ3) is 2.58. The van der Waals surface area contributed by atoms with Crippen LogP contribution in [0.25, 0.3) is 0 Å². The highest BCUT2D eigenvalue weighted by Crippen LogP contribution is 2.47. The molecular formula is C17H21ClFN. The summed E-state index contributed by atoms with van der Waals surface area (Å²) in [6, 6.07) is 4.82. The van der Waals surface area contributed by atoms with Crippen molar-refractivity contribution in [2.45, 2.75) is 33.1 Å². The fourth-order valence-electron chi connectivity index (χ4n) is 3.80. The summed E-state index contributed by atoms with van der Waals surface area (Å²) in [6.45, 7) is 4.60. The molecule has 0 amide bonds. The van der Waals surface area contributed by atoms with Gasteiger partial charge in [0, 0.05) is 16.6 Å². The van der Waals surface area contributed by atoms with E-state index >= 15 is 0 Å². The maximum absolute atomic E-state index is 13.9. The number of rotatable bonds is 2. The minimum atomic E-state index is -0.279. The van der Waals surface area contributed by atoms with Crippen LogP contribution in [0.5, 0.6) is 0 Å². The number of hydrogen-bond donors (Lipinski definition) is 1. The predicted molar refractivity (Wildman–Crippen MR) is 82.3 cm³/mol. The van der Waals surface area contributed by atoms with Crippen LogP contribution < -0.4 is 5.32 Å². The van der Waals surface area contributed by atoms with Crippen molar-refractivity contribution in [3.8, 4) is 0 Å². The zero-order valence-electron chi connectivity index (χ0n) is 12.0. The Kier molecular flexibility index (Phi) is 3.76. The normalized spacial score (nSPS) is 32.7. The van der Waals surface area contributed by atoms with Gasteiger partial charge >= 0.3 is 0 Å². The number of allylic oxidation sites excluding steroid dienone is 2. The van der Waals surface area contributed by atoms with Crippen LogP contribution in [0.2, 0.25) is 5.02 Å². The Balaban J connectivity index is 1.81. The van der Waals surface area contributed by atoms with Crippen LogP contribution in [0.1, 0.15) is 33.1 Å². The average Bonchev–Trinajstić information content (AvgIpc) is 2.69. The maximum Gasteiger partial charge on any atom is 0.148 e. The van der Waals surface area contributed by atoms with Crippen LogP contribution in [-0.4, -0.2) is 0 Å². The van der Waals surface area contributed by atoms with Gasteiger partial charge in [0.15, 0.2) is 0 Å². The molecule has 0 spiro atoms. The second kappa shape index (κ2) is 5.40. The lowest BCUT2D eigenvalue weighted by Crippen LogP contribution is -2.26. The standard InChI is InChI=1S/C17H21ClFN/c1-10-3-5-13-11(2)8-17(14(13)7-10)20-16-6-4-12(18)9-15(16)19/h4,6,8-11,13-14,20H,3,5,7H2,1-2H3/t10-,11?,13+,14-/m1/s1. The monoisotopic (exact) mass is 293 g/mol. The molecule has 0 aromatic heterocycles. The summed E-state index contributed by atoms with van der Waals surface area (Å²) >= 11 is 5.80. The Labute approximate surface area is 125 Å². The molecule has 0 bridgehead atoms. The Morgan fingerprint density at radius 2 is 2.05 bits per heavy atom. The van der Waals surface area contributed by atoms with Crippen LogP contribution in [0.3, 0.4) is 0 Å². The Bertz CT molecular complexity index is 540. The first-order chi connectivity index (χ1) is 9.54. The number of halogens is 2. The van der Waals surface area contributed by atoms with Crippen LogP contribution in [0.15, 0.2) is 30.0 Å². The number of nitrogens with one attached hydrogen (secondary N) is 1. The molecule has 108 valence electrons. The molecule has 1 nitrogen and oxygen atoms in total. The third-order valence-corrected chi connectivity index (χ3v) is 5.13. The lowest BCUT2D eigenvalue weighted by molar-refractivity contribution is 0.203. The average molecular weight is 294 g/mol. The van der Waals surface area contributed by atoms with Crippen molar-refractivity contribution < 1.29 is 4.39 Å². The summed E-state index contributed by atoms with van der Waals surface area (Å²) in [6.07, 6.45) is 6.12. The van der Waals surface area contributed by atoms with E-state index in [1.165, 1.54) is 31.0 Å². The van der Waals surface area contributed by atoms with Gasteiger partial charge in [-0.05, 0) is 48.8 Å². The van der Waals surface area contributed by atoms with Crippen molar-refractivity contribution in [2.24, 2.45) is 23.7 Å². The van der Waals surface area contributed by atoms with Gasteiger partial charge in [-0.15, -0.1) is 0 Å². The molecule has 4 atom stereocenters. The van der Waals surface area contributed by atoms with Crippen LogP contribution in [0.4, 0.5) is 10.1 Å². The summed E-state index contributed by atoms with van der Waals surface area (Å²) in [7, 11) is 0. The lowest BCUT2D eigenvalue weighted by atomic mass is 9.73. The molecule has 0 radical (unpaired) electrons. The maximum atomic E-state index is 13.9. The van der Waals surface area contributed by atoms with Gasteiger partial charge in [-0.3, -0.25) is 0 Å². The summed E-state index contributed by atoms with van der Waals surface area (Å²) in [5.41, 5.74) is 1.74. The third-order valence-electron chi connectivity index (χ3n) is 4.89. The first kappa shape index (κ1) is 13.9. The zero-order chi connectivity index (χ0) is 14.3. The number of anilines is 1. The van der Waals surface area contributed by atoms with Gasteiger partial charge in [0.25, 0.3) is 0 Å². The number of benzene rings is 1. The molecule has 1 saturated carbocycles. The fraction of sp³-hybridized carbons (Fsp3) is 0.529. The minimum absolute atomic E-state index is 0.279. The first-order valence-corrected chi connectivity index (χ1v) is 7.86. The predicted octanol–water partition coefficient (Wildman–Crippen LogP) is 5.48. The molecule has 1 unspecified atom stereocenters. The Morgan fingerprint density at radius 3 is 2.80 bits per heavy atom. The van der Waals surface area contributed by atoms with Crippen molar-refractivity contribution in [3.05, 3.63) is 40.8 Å². The number of fused-ring (bicyclic) bond motifs is 1. The number of hydrogen-bond acceptors (Lipinski definition) is 1. The molecule has 2 aliphatic carbocycles. The molecule has 3 rings (SSSR count). The highest BCUT2D eigenvalue weighted by Gasteiger charge is 2.38. The fourth-order valence-corrected chi connectivity index (χ4v) is 3.96. The van der Waals surface area contributed by atoms with E-state index in [9.17, 15) is 4.39 Å². The molecule has 0 heterocycles. The van der Waals surface area contributed by atoms with Gasteiger partial charge in [0.05, 0.1) is 5.69 Å². The van der Waals surface area contributed by atoms with E-state index in [0.29, 0.717) is 22.5 Å². The van der Waals surface area contributed by atoms with Crippen LogP contribution in [-0.2, 0) is 0 Å². The minimum Gasteiger partial charge on any atom is -0.357 e. The topological polar surface area (TPSA) is 12.0 Å². The van der Waals surface area contributed by atoms with E-state index in [4.69, 9.17) is 11.6 Å². The van der Waals surface area contributed by atoms with E-state index in [1.807, 2.05) is 0 Å². The summed E-state index contributed by atoms with van der Waals surface area (Å²) in [5, 5.41) is 3.75. The Morgan fingerprint density at radius 1 is 1.25 bits per heavy atom. The van der Waals surface area contributed by atoms with Crippen molar-refractivity contribution in [1.82, 2.24) is 0 Å². The van der Waals surface area contributed by atoms with Gasteiger partial charge in [-0.1, -0.05) is 37.9 Å². The largest absolute Gasteiger partial charge is 0.357 e. The van der Waals surface area contributed by atoms with Gasteiger partial charge in [0.1, 0.15) is 5.82 Å². The summed E-state index contributed by atoms with van der Waals surface area (Å²) in [5.74, 6) is 2.36. The van der Waals surface area contributed by atoms with E-state index in [1.54, 1.807) is 12.1 Å².